The van der Waals surface area contributed by atoms with Gasteiger partial charge in [-0.15, -0.1) is 5.10 Å². The van der Waals surface area contributed by atoms with Crippen molar-refractivity contribution < 1.29 is 0 Å². The van der Waals surface area contributed by atoms with E-state index in [9.17, 15) is 0 Å². The SMILES string of the molecule is CCCC(c1ccc(C)cc1)N(CCC)c1nc(C2CC2)n(-c2ccc(Cl)cc2Cl)n1. The van der Waals surface area contributed by atoms with Crippen molar-refractivity contribution >= 4 is 29.2 Å². The average Bonchev–Trinajstić information content (AvgIpc) is 3.51. The van der Waals surface area contributed by atoms with Crippen LogP contribution in [0.25, 0.3) is 5.69 Å². The van der Waals surface area contributed by atoms with E-state index in [0.29, 0.717) is 16.0 Å². The summed E-state index contributed by atoms with van der Waals surface area (Å²) in [6.45, 7) is 7.48. The molecule has 0 amide bonds. The molecular weight excluding hydrogens is 427 g/mol. The first-order valence-corrected chi connectivity index (χ1v) is 12.0. The first-order valence-electron chi connectivity index (χ1n) is 11.3. The fraction of sp³-hybridized carbons (Fsp3) is 0.440. The van der Waals surface area contributed by atoms with Crippen molar-refractivity contribution in [3.05, 3.63) is 69.5 Å². The van der Waals surface area contributed by atoms with E-state index in [2.05, 4.69) is 49.9 Å². The summed E-state index contributed by atoms with van der Waals surface area (Å²) in [6.07, 6.45) is 5.47. The second-order valence-electron chi connectivity index (χ2n) is 8.46. The molecule has 0 bridgehead atoms. The van der Waals surface area contributed by atoms with Gasteiger partial charge in [0, 0.05) is 17.5 Å². The Morgan fingerprint density at radius 1 is 1.06 bits per heavy atom. The molecule has 6 heteroatoms. The van der Waals surface area contributed by atoms with E-state index in [1.807, 2.05) is 16.8 Å². The number of aromatic nitrogens is 3. The number of rotatable bonds is 9. The highest BCUT2D eigenvalue weighted by Crippen LogP contribution is 2.42. The zero-order valence-electron chi connectivity index (χ0n) is 18.5. The molecule has 1 saturated carbocycles. The van der Waals surface area contributed by atoms with E-state index < -0.39 is 0 Å². The maximum absolute atomic E-state index is 6.55. The summed E-state index contributed by atoms with van der Waals surface area (Å²) < 4.78 is 1.94. The lowest BCUT2D eigenvalue weighted by Crippen LogP contribution is -2.30. The molecule has 1 heterocycles. The van der Waals surface area contributed by atoms with Crippen LogP contribution in [0.15, 0.2) is 42.5 Å². The smallest absolute Gasteiger partial charge is 0.245 e. The third-order valence-corrected chi connectivity index (χ3v) is 6.36. The monoisotopic (exact) mass is 456 g/mol. The highest BCUT2D eigenvalue weighted by Gasteiger charge is 2.33. The molecule has 0 spiro atoms. The summed E-state index contributed by atoms with van der Waals surface area (Å²) in [5, 5.41) is 6.22. The van der Waals surface area contributed by atoms with E-state index in [4.69, 9.17) is 33.3 Å². The van der Waals surface area contributed by atoms with Crippen LogP contribution in [0.2, 0.25) is 10.0 Å². The van der Waals surface area contributed by atoms with Gasteiger partial charge in [-0.25, -0.2) is 4.68 Å². The first kappa shape index (κ1) is 22.2. The highest BCUT2D eigenvalue weighted by atomic mass is 35.5. The Kier molecular flexibility index (Phi) is 6.88. The van der Waals surface area contributed by atoms with Crippen molar-refractivity contribution in [2.24, 2.45) is 0 Å². The lowest BCUT2D eigenvalue weighted by Gasteiger charge is -2.31. The highest BCUT2D eigenvalue weighted by molar-refractivity contribution is 6.35. The minimum absolute atomic E-state index is 0.245. The number of anilines is 1. The Balaban J connectivity index is 1.78. The number of halogens is 2. The van der Waals surface area contributed by atoms with Crippen molar-refractivity contribution in [2.75, 3.05) is 11.4 Å². The molecule has 1 atom stereocenters. The average molecular weight is 457 g/mol. The predicted octanol–water partition coefficient (Wildman–Crippen LogP) is 7.52. The Hall–Kier alpha value is -2.04. The third-order valence-electron chi connectivity index (χ3n) is 5.82. The fourth-order valence-corrected chi connectivity index (χ4v) is 4.56. The topological polar surface area (TPSA) is 34.0 Å². The molecule has 0 aliphatic heterocycles. The fourth-order valence-electron chi connectivity index (χ4n) is 4.07. The second-order valence-corrected chi connectivity index (χ2v) is 9.30. The van der Waals surface area contributed by atoms with Gasteiger partial charge in [-0.2, -0.15) is 4.98 Å². The Labute approximate surface area is 195 Å². The molecule has 164 valence electrons. The molecule has 2 aromatic carbocycles. The van der Waals surface area contributed by atoms with Gasteiger partial charge >= 0.3 is 0 Å². The van der Waals surface area contributed by atoms with Crippen molar-refractivity contribution in [1.29, 1.82) is 0 Å². The number of hydrogen-bond donors (Lipinski definition) is 0. The van der Waals surface area contributed by atoms with Gasteiger partial charge in [0.25, 0.3) is 0 Å². The molecule has 1 unspecified atom stereocenters. The summed E-state index contributed by atoms with van der Waals surface area (Å²) >= 11 is 12.7. The van der Waals surface area contributed by atoms with Gasteiger partial charge in [0.2, 0.25) is 5.95 Å². The van der Waals surface area contributed by atoms with Crippen LogP contribution in [0.1, 0.15) is 74.9 Å². The Morgan fingerprint density at radius 3 is 2.42 bits per heavy atom. The van der Waals surface area contributed by atoms with E-state index in [1.54, 1.807) is 6.07 Å². The minimum atomic E-state index is 0.245. The van der Waals surface area contributed by atoms with Crippen molar-refractivity contribution in [3.8, 4) is 5.69 Å². The van der Waals surface area contributed by atoms with Gasteiger partial charge in [0.05, 0.1) is 16.8 Å². The van der Waals surface area contributed by atoms with Gasteiger partial charge in [0.1, 0.15) is 5.82 Å². The van der Waals surface area contributed by atoms with Crippen molar-refractivity contribution in [2.45, 2.75) is 64.8 Å². The zero-order valence-corrected chi connectivity index (χ0v) is 20.0. The van der Waals surface area contributed by atoms with Crippen LogP contribution < -0.4 is 4.90 Å². The first-order chi connectivity index (χ1) is 15.0. The second kappa shape index (κ2) is 9.62. The van der Waals surface area contributed by atoms with Crippen LogP contribution in [-0.2, 0) is 0 Å². The summed E-state index contributed by atoms with van der Waals surface area (Å²) in [5.41, 5.74) is 3.43. The van der Waals surface area contributed by atoms with Gasteiger partial charge < -0.3 is 4.90 Å². The maximum atomic E-state index is 6.55. The maximum Gasteiger partial charge on any atom is 0.245 e. The van der Waals surface area contributed by atoms with Crippen LogP contribution in [-0.4, -0.2) is 21.3 Å². The summed E-state index contributed by atoms with van der Waals surface area (Å²) in [7, 11) is 0. The summed E-state index contributed by atoms with van der Waals surface area (Å²) in [5.74, 6) is 2.23. The van der Waals surface area contributed by atoms with Crippen LogP contribution in [0.3, 0.4) is 0 Å². The van der Waals surface area contributed by atoms with E-state index >= 15 is 0 Å². The molecule has 4 rings (SSSR count). The molecule has 1 aliphatic rings. The predicted molar refractivity (Wildman–Crippen MR) is 130 cm³/mol. The molecule has 1 fully saturated rings. The number of hydrogen-bond acceptors (Lipinski definition) is 3. The standard InChI is InChI=1S/C25H30Cl2N4/c1-4-6-22(18-9-7-17(3)8-10-18)30(15-5-2)25-28-24(19-11-12-19)31(29-25)23-14-13-20(26)16-21(23)27/h7-10,13-14,16,19,22H,4-6,11-12,15H2,1-3H3. The van der Waals surface area contributed by atoms with Gasteiger partial charge in [-0.1, -0.05) is 73.3 Å². The molecule has 0 radical (unpaired) electrons. The molecule has 0 saturated heterocycles. The van der Waals surface area contributed by atoms with Gasteiger partial charge in [-0.3, -0.25) is 0 Å². The molecule has 31 heavy (non-hydrogen) atoms. The molecule has 1 aromatic heterocycles. The molecular formula is C25H30Cl2N4. The Morgan fingerprint density at radius 2 is 1.81 bits per heavy atom. The molecule has 0 N–H and O–H groups in total. The quantitative estimate of drug-likeness (QED) is 0.333. The van der Waals surface area contributed by atoms with E-state index in [1.165, 1.54) is 11.1 Å². The zero-order chi connectivity index (χ0) is 22.0. The van der Waals surface area contributed by atoms with Crippen LogP contribution in [0.4, 0.5) is 5.95 Å². The van der Waals surface area contributed by atoms with Crippen LogP contribution in [0, 0.1) is 6.92 Å². The number of aryl methyl sites for hydroxylation is 1. The molecule has 1 aliphatic carbocycles. The number of nitrogens with zero attached hydrogens (tertiary/aromatic N) is 4. The molecule has 4 nitrogen and oxygen atoms in total. The third kappa shape index (κ3) is 4.91. The van der Waals surface area contributed by atoms with E-state index in [0.717, 1.165) is 56.1 Å². The van der Waals surface area contributed by atoms with Crippen LogP contribution >= 0.6 is 23.2 Å². The minimum Gasteiger partial charge on any atom is -0.332 e. The van der Waals surface area contributed by atoms with Crippen molar-refractivity contribution in [1.82, 2.24) is 14.8 Å². The summed E-state index contributed by atoms with van der Waals surface area (Å²) in [4.78, 5) is 7.44. The van der Waals surface area contributed by atoms with Gasteiger partial charge in [0.15, 0.2) is 0 Å². The lowest BCUT2D eigenvalue weighted by atomic mass is 9.99. The lowest BCUT2D eigenvalue weighted by molar-refractivity contribution is 0.551. The Bertz CT molecular complexity index is 1020. The normalized spacial score (nSPS) is 14.6. The number of benzene rings is 2. The van der Waals surface area contributed by atoms with Gasteiger partial charge in [-0.05, 0) is 56.4 Å². The largest absolute Gasteiger partial charge is 0.332 e. The summed E-state index contributed by atoms with van der Waals surface area (Å²) in [6, 6.07) is 14.7. The van der Waals surface area contributed by atoms with E-state index in [-0.39, 0.29) is 6.04 Å². The molecule has 3 aromatic rings. The van der Waals surface area contributed by atoms with Crippen molar-refractivity contribution in [3.63, 3.8) is 0 Å². The van der Waals surface area contributed by atoms with Crippen LogP contribution in [0.5, 0.6) is 0 Å².